The highest BCUT2D eigenvalue weighted by Gasteiger charge is 2.42. The highest BCUT2D eigenvalue weighted by molar-refractivity contribution is 6.01. The predicted octanol–water partition coefficient (Wildman–Crippen LogP) is 0.481. The van der Waals surface area contributed by atoms with Gasteiger partial charge in [-0.2, -0.15) is 0 Å². The van der Waals surface area contributed by atoms with Gasteiger partial charge in [-0.3, -0.25) is 14.5 Å². The summed E-state index contributed by atoms with van der Waals surface area (Å²) in [6.45, 7) is 0.673. The van der Waals surface area contributed by atoms with Crippen LogP contribution in [0.3, 0.4) is 0 Å². The van der Waals surface area contributed by atoms with Gasteiger partial charge in [0.25, 0.3) is 0 Å². The van der Waals surface area contributed by atoms with Crippen LogP contribution in [0.15, 0.2) is 0 Å². The molecule has 1 saturated heterocycles. The molecule has 110 valence electrons. The molecule has 0 aromatic heterocycles. The fourth-order valence-corrected chi connectivity index (χ4v) is 3.04. The number of carbonyl (C=O) groups is 3. The van der Waals surface area contributed by atoms with Gasteiger partial charge in [0.15, 0.2) is 0 Å². The molecule has 1 aliphatic heterocycles. The zero-order chi connectivity index (χ0) is 14.1. The predicted molar refractivity (Wildman–Crippen MR) is 71.7 cm³/mol. The van der Waals surface area contributed by atoms with E-state index in [4.69, 9.17) is 0 Å². The van der Waals surface area contributed by atoms with Crippen LogP contribution in [0, 0.1) is 17.8 Å². The first-order valence-corrected chi connectivity index (χ1v) is 7.50. The number of imide groups is 1. The Kier molecular flexibility index (Phi) is 3.63. The molecule has 0 radical (unpaired) electrons. The SMILES string of the molecule is O=C(CC(C1CC1)C1CC1)NCCN1C(=O)CNC1=O. The van der Waals surface area contributed by atoms with E-state index >= 15 is 0 Å². The second-order valence-electron chi connectivity index (χ2n) is 6.10. The normalized spacial score (nSPS) is 22.4. The van der Waals surface area contributed by atoms with Crippen LogP contribution in [0.4, 0.5) is 4.79 Å². The van der Waals surface area contributed by atoms with Crippen LogP contribution in [0.2, 0.25) is 0 Å². The number of nitrogens with one attached hydrogen (secondary N) is 2. The molecule has 2 N–H and O–H groups in total. The van der Waals surface area contributed by atoms with Gasteiger partial charge in [0.1, 0.15) is 0 Å². The van der Waals surface area contributed by atoms with E-state index in [0.29, 0.717) is 18.9 Å². The maximum atomic E-state index is 11.9. The minimum Gasteiger partial charge on any atom is -0.354 e. The molecule has 0 aromatic rings. The molecule has 2 saturated carbocycles. The van der Waals surface area contributed by atoms with Crippen molar-refractivity contribution in [3.05, 3.63) is 0 Å². The average molecular weight is 279 g/mol. The van der Waals surface area contributed by atoms with E-state index in [1.165, 1.54) is 25.7 Å². The van der Waals surface area contributed by atoms with E-state index in [2.05, 4.69) is 10.6 Å². The molecule has 0 spiro atoms. The van der Waals surface area contributed by atoms with Gasteiger partial charge < -0.3 is 10.6 Å². The summed E-state index contributed by atoms with van der Waals surface area (Å²) in [4.78, 5) is 35.8. The Morgan fingerprint density at radius 3 is 2.40 bits per heavy atom. The summed E-state index contributed by atoms with van der Waals surface area (Å²) in [5.41, 5.74) is 0. The van der Waals surface area contributed by atoms with Crippen LogP contribution < -0.4 is 10.6 Å². The molecular formula is C14H21N3O3. The Hall–Kier alpha value is -1.59. The fourth-order valence-electron chi connectivity index (χ4n) is 3.04. The maximum absolute atomic E-state index is 11.9. The summed E-state index contributed by atoms with van der Waals surface area (Å²) < 4.78 is 0. The second kappa shape index (κ2) is 5.42. The lowest BCUT2D eigenvalue weighted by atomic mass is 9.94. The highest BCUT2D eigenvalue weighted by Crippen LogP contribution is 2.50. The first kappa shape index (κ1) is 13.4. The fraction of sp³-hybridized carbons (Fsp3) is 0.786. The monoisotopic (exact) mass is 279 g/mol. The smallest absolute Gasteiger partial charge is 0.324 e. The molecule has 4 amide bonds. The molecule has 0 unspecified atom stereocenters. The summed E-state index contributed by atoms with van der Waals surface area (Å²) in [6.07, 6.45) is 5.71. The van der Waals surface area contributed by atoms with Gasteiger partial charge >= 0.3 is 6.03 Å². The van der Waals surface area contributed by atoms with E-state index < -0.39 is 0 Å². The van der Waals surface area contributed by atoms with Crippen molar-refractivity contribution in [1.82, 2.24) is 15.5 Å². The maximum Gasteiger partial charge on any atom is 0.324 e. The van der Waals surface area contributed by atoms with E-state index in [-0.39, 0.29) is 30.9 Å². The van der Waals surface area contributed by atoms with Crippen molar-refractivity contribution in [2.45, 2.75) is 32.1 Å². The average Bonchev–Trinajstić information content (AvgIpc) is 3.30. The van der Waals surface area contributed by atoms with Crippen LogP contribution in [0.25, 0.3) is 0 Å². The van der Waals surface area contributed by atoms with Gasteiger partial charge in [0, 0.05) is 19.5 Å². The van der Waals surface area contributed by atoms with E-state index in [9.17, 15) is 14.4 Å². The lowest BCUT2D eigenvalue weighted by Crippen LogP contribution is -2.39. The number of amides is 4. The molecule has 3 rings (SSSR count). The quantitative estimate of drug-likeness (QED) is 0.665. The molecule has 20 heavy (non-hydrogen) atoms. The zero-order valence-corrected chi connectivity index (χ0v) is 11.6. The molecule has 0 atom stereocenters. The molecule has 6 heteroatoms. The molecule has 0 bridgehead atoms. The third-order valence-electron chi connectivity index (χ3n) is 4.47. The van der Waals surface area contributed by atoms with Gasteiger partial charge in [0.2, 0.25) is 11.8 Å². The molecule has 2 aliphatic carbocycles. The van der Waals surface area contributed by atoms with Crippen LogP contribution in [0.1, 0.15) is 32.1 Å². The lowest BCUT2D eigenvalue weighted by Gasteiger charge is -2.16. The molecular weight excluding hydrogens is 258 g/mol. The van der Waals surface area contributed by atoms with E-state index in [0.717, 1.165) is 16.7 Å². The van der Waals surface area contributed by atoms with Gasteiger partial charge in [-0.05, 0) is 43.4 Å². The van der Waals surface area contributed by atoms with Crippen molar-refractivity contribution in [2.24, 2.45) is 17.8 Å². The minimum absolute atomic E-state index is 0.0563. The van der Waals surface area contributed by atoms with Crippen molar-refractivity contribution in [3.8, 4) is 0 Å². The topological polar surface area (TPSA) is 78.5 Å². The van der Waals surface area contributed by atoms with Crippen LogP contribution >= 0.6 is 0 Å². The number of carbonyl (C=O) groups excluding carboxylic acids is 3. The van der Waals surface area contributed by atoms with Crippen LogP contribution in [-0.4, -0.2) is 42.4 Å². The van der Waals surface area contributed by atoms with Crippen molar-refractivity contribution < 1.29 is 14.4 Å². The van der Waals surface area contributed by atoms with Crippen molar-refractivity contribution in [3.63, 3.8) is 0 Å². The first-order chi connectivity index (χ1) is 9.65. The van der Waals surface area contributed by atoms with Gasteiger partial charge in [-0.15, -0.1) is 0 Å². The third-order valence-corrected chi connectivity index (χ3v) is 4.47. The third kappa shape index (κ3) is 3.11. The molecule has 1 heterocycles. The minimum atomic E-state index is -0.363. The highest BCUT2D eigenvalue weighted by atomic mass is 16.2. The van der Waals surface area contributed by atoms with Crippen LogP contribution in [-0.2, 0) is 9.59 Å². The Morgan fingerprint density at radius 2 is 1.90 bits per heavy atom. The van der Waals surface area contributed by atoms with Crippen molar-refractivity contribution >= 4 is 17.8 Å². The first-order valence-electron chi connectivity index (χ1n) is 7.50. The largest absolute Gasteiger partial charge is 0.354 e. The number of hydrogen-bond donors (Lipinski definition) is 2. The molecule has 3 fully saturated rings. The second-order valence-corrected chi connectivity index (χ2v) is 6.10. The summed E-state index contributed by atoms with van der Waals surface area (Å²) in [7, 11) is 0. The Morgan fingerprint density at radius 1 is 1.25 bits per heavy atom. The van der Waals surface area contributed by atoms with Gasteiger partial charge in [-0.25, -0.2) is 4.79 Å². The summed E-state index contributed by atoms with van der Waals surface area (Å²) >= 11 is 0. The number of nitrogens with zero attached hydrogens (tertiary/aromatic N) is 1. The summed E-state index contributed by atoms with van der Waals surface area (Å²) in [5, 5.41) is 5.29. The molecule has 3 aliphatic rings. The molecule has 6 nitrogen and oxygen atoms in total. The van der Waals surface area contributed by atoms with Crippen molar-refractivity contribution in [1.29, 1.82) is 0 Å². The number of rotatable bonds is 7. The van der Waals surface area contributed by atoms with Gasteiger partial charge in [0.05, 0.1) is 6.54 Å². The molecule has 0 aromatic carbocycles. The summed E-state index contributed by atoms with van der Waals surface area (Å²) in [5.74, 6) is 1.92. The Labute approximate surface area is 118 Å². The standard InChI is InChI=1S/C14H21N3O3/c18-12(7-11(9-1-2-9)10-3-4-10)15-5-6-17-13(19)8-16-14(17)20/h9-11H,1-8H2,(H,15,18)(H,16,20). The van der Waals surface area contributed by atoms with Crippen LogP contribution in [0.5, 0.6) is 0 Å². The zero-order valence-electron chi connectivity index (χ0n) is 11.6. The summed E-state index contributed by atoms with van der Waals surface area (Å²) in [6, 6.07) is -0.363. The van der Waals surface area contributed by atoms with E-state index in [1.54, 1.807) is 0 Å². The van der Waals surface area contributed by atoms with E-state index in [1.807, 2.05) is 0 Å². The Bertz CT molecular complexity index is 401. The number of urea groups is 1. The van der Waals surface area contributed by atoms with Crippen molar-refractivity contribution in [2.75, 3.05) is 19.6 Å². The number of hydrogen-bond acceptors (Lipinski definition) is 3. The Balaban J connectivity index is 1.38. The van der Waals surface area contributed by atoms with Gasteiger partial charge in [-0.1, -0.05) is 0 Å². The lowest BCUT2D eigenvalue weighted by molar-refractivity contribution is -0.126.